The number of aryl methyl sites for hydroxylation is 2. The Balaban J connectivity index is 2.47. The van der Waals surface area contributed by atoms with E-state index in [9.17, 15) is 4.39 Å². The Kier molecular flexibility index (Phi) is 4.95. The maximum atomic E-state index is 14.2. The topological polar surface area (TPSA) is 12.0 Å². The number of hydrogen-bond donors (Lipinski definition) is 1. The van der Waals surface area contributed by atoms with Crippen molar-refractivity contribution in [2.45, 2.75) is 26.8 Å². The minimum atomic E-state index is -0.191. The molecule has 2 aromatic rings. The van der Waals surface area contributed by atoms with E-state index in [4.69, 9.17) is 0 Å². The molecule has 1 N–H and O–H groups in total. The van der Waals surface area contributed by atoms with Crippen molar-refractivity contribution in [2.24, 2.45) is 0 Å². The average molecular weight is 336 g/mol. The molecular formula is C17H19BrFN. The van der Waals surface area contributed by atoms with Crippen LogP contribution in [0.5, 0.6) is 0 Å². The Morgan fingerprint density at radius 2 is 1.85 bits per heavy atom. The van der Waals surface area contributed by atoms with E-state index in [2.05, 4.69) is 53.3 Å². The molecule has 20 heavy (non-hydrogen) atoms. The molecule has 0 aliphatic rings. The molecular weight excluding hydrogens is 317 g/mol. The fourth-order valence-electron chi connectivity index (χ4n) is 2.29. The molecule has 3 heteroatoms. The van der Waals surface area contributed by atoms with Crippen molar-refractivity contribution >= 4 is 15.9 Å². The number of benzene rings is 2. The lowest BCUT2D eigenvalue weighted by Crippen LogP contribution is -2.23. The van der Waals surface area contributed by atoms with Gasteiger partial charge in [0.05, 0.1) is 6.04 Å². The number of halogens is 2. The summed E-state index contributed by atoms with van der Waals surface area (Å²) in [6, 6.07) is 11.4. The average Bonchev–Trinajstić information content (AvgIpc) is 2.40. The molecule has 106 valence electrons. The van der Waals surface area contributed by atoms with Gasteiger partial charge in [0.2, 0.25) is 0 Å². The van der Waals surface area contributed by atoms with Crippen molar-refractivity contribution in [1.82, 2.24) is 5.32 Å². The first-order valence-corrected chi connectivity index (χ1v) is 7.57. The highest BCUT2D eigenvalue weighted by atomic mass is 79.9. The van der Waals surface area contributed by atoms with Crippen LogP contribution in [0.15, 0.2) is 40.9 Å². The van der Waals surface area contributed by atoms with Crippen LogP contribution < -0.4 is 5.32 Å². The van der Waals surface area contributed by atoms with Gasteiger partial charge in [-0.1, -0.05) is 47.1 Å². The van der Waals surface area contributed by atoms with Crippen LogP contribution in [0.3, 0.4) is 0 Å². The van der Waals surface area contributed by atoms with Crippen LogP contribution in [-0.4, -0.2) is 6.54 Å². The van der Waals surface area contributed by atoms with E-state index in [1.165, 1.54) is 17.2 Å². The number of nitrogens with one attached hydrogen (secondary N) is 1. The van der Waals surface area contributed by atoms with E-state index < -0.39 is 0 Å². The Hall–Kier alpha value is -1.19. The number of hydrogen-bond acceptors (Lipinski definition) is 1. The molecule has 1 unspecified atom stereocenters. The van der Waals surface area contributed by atoms with E-state index in [0.717, 1.165) is 16.6 Å². The zero-order valence-electron chi connectivity index (χ0n) is 12.0. The largest absolute Gasteiger partial charge is 0.306 e. The molecule has 0 saturated heterocycles. The summed E-state index contributed by atoms with van der Waals surface area (Å²) in [7, 11) is 0. The highest BCUT2D eigenvalue weighted by Gasteiger charge is 2.17. The van der Waals surface area contributed by atoms with E-state index in [-0.39, 0.29) is 11.9 Å². The summed E-state index contributed by atoms with van der Waals surface area (Å²) in [5, 5.41) is 3.37. The lowest BCUT2D eigenvalue weighted by atomic mass is 9.95. The zero-order chi connectivity index (χ0) is 14.7. The van der Waals surface area contributed by atoms with Crippen LogP contribution in [0.1, 0.15) is 35.2 Å². The molecule has 0 aromatic heterocycles. The first kappa shape index (κ1) is 15.2. The van der Waals surface area contributed by atoms with Gasteiger partial charge in [-0.05, 0) is 49.2 Å². The summed E-state index contributed by atoms with van der Waals surface area (Å²) in [6.45, 7) is 6.99. The van der Waals surface area contributed by atoms with Crippen molar-refractivity contribution in [3.05, 3.63) is 68.9 Å². The van der Waals surface area contributed by atoms with Crippen molar-refractivity contribution in [2.75, 3.05) is 6.54 Å². The van der Waals surface area contributed by atoms with Crippen LogP contribution in [0, 0.1) is 19.7 Å². The van der Waals surface area contributed by atoms with Gasteiger partial charge in [-0.3, -0.25) is 0 Å². The van der Waals surface area contributed by atoms with Gasteiger partial charge in [0.15, 0.2) is 0 Å². The third kappa shape index (κ3) is 3.28. The summed E-state index contributed by atoms with van der Waals surface area (Å²) in [4.78, 5) is 0. The maximum absolute atomic E-state index is 14.2. The van der Waals surface area contributed by atoms with Crippen LogP contribution >= 0.6 is 15.9 Å². The van der Waals surface area contributed by atoms with Crippen molar-refractivity contribution in [1.29, 1.82) is 0 Å². The van der Waals surface area contributed by atoms with Gasteiger partial charge < -0.3 is 5.32 Å². The molecule has 2 aromatic carbocycles. The van der Waals surface area contributed by atoms with Crippen LogP contribution in [-0.2, 0) is 0 Å². The minimum Gasteiger partial charge on any atom is -0.306 e. The molecule has 1 nitrogen and oxygen atoms in total. The second kappa shape index (κ2) is 6.51. The smallest absolute Gasteiger partial charge is 0.129 e. The normalized spacial score (nSPS) is 12.4. The Bertz CT molecular complexity index is 610. The van der Waals surface area contributed by atoms with Gasteiger partial charge >= 0.3 is 0 Å². The molecule has 0 amide bonds. The van der Waals surface area contributed by atoms with Gasteiger partial charge in [-0.25, -0.2) is 4.39 Å². The van der Waals surface area contributed by atoms with Crippen molar-refractivity contribution in [3.8, 4) is 0 Å². The van der Waals surface area contributed by atoms with E-state index in [1.807, 2.05) is 19.1 Å². The van der Waals surface area contributed by atoms with Crippen LogP contribution in [0.2, 0.25) is 0 Å². The predicted octanol–water partition coefficient (Wildman–Crippen LogP) is 4.90. The second-order valence-electron chi connectivity index (χ2n) is 5.00. The Labute approximate surface area is 128 Å². The van der Waals surface area contributed by atoms with Crippen LogP contribution in [0.4, 0.5) is 4.39 Å². The molecule has 0 radical (unpaired) electrons. The minimum absolute atomic E-state index is 0.118. The summed E-state index contributed by atoms with van der Waals surface area (Å²) in [5.41, 5.74) is 4.25. The van der Waals surface area contributed by atoms with Crippen molar-refractivity contribution < 1.29 is 4.39 Å². The molecule has 0 aliphatic heterocycles. The second-order valence-corrected chi connectivity index (χ2v) is 5.92. The lowest BCUT2D eigenvalue weighted by molar-refractivity contribution is 0.558. The van der Waals surface area contributed by atoms with E-state index >= 15 is 0 Å². The standard InChI is InChI=1S/C17H19BrFN/c1-4-20-17(13-6-5-11(2)12(3)9-13)15-8-7-14(18)10-16(15)19/h5-10,17,20H,4H2,1-3H3. The summed E-state index contributed by atoms with van der Waals surface area (Å²) >= 11 is 3.30. The van der Waals surface area contributed by atoms with Crippen LogP contribution in [0.25, 0.3) is 0 Å². The molecule has 0 bridgehead atoms. The lowest BCUT2D eigenvalue weighted by Gasteiger charge is -2.20. The fraction of sp³-hybridized carbons (Fsp3) is 0.294. The van der Waals surface area contributed by atoms with Crippen molar-refractivity contribution in [3.63, 3.8) is 0 Å². The predicted molar refractivity (Wildman–Crippen MR) is 85.5 cm³/mol. The molecule has 1 atom stereocenters. The molecule has 0 fully saturated rings. The summed E-state index contributed by atoms with van der Waals surface area (Å²) in [5.74, 6) is -0.191. The first-order valence-electron chi connectivity index (χ1n) is 6.78. The number of rotatable bonds is 4. The van der Waals surface area contributed by atoms with E-state index in [0.29, 0.717) is 5.56 Å². The highest BCUT2D eigenvalue weighted by Crippen LogP contribution is 2.27. The van der Waals surface area contributed by atoms with Gasteiger partial charge in [0.25, 0.3) is 0 Å². The maximum Gasteiger partial charge on any atom is 0.129 e. The first-order chi connectivity index (χ1) is 9.52. The molecule has 0 aliphatic carbocycles. The van der Waals surface area contributed by atoms with Gasteiger partial charge in [-0.15, -0.1) is 0 Å². The van der Waals surface area contributed by atoms with E-state index in [1.54, 1.807) is 0 Å². The Morgan fingerprint density at radius 3 is 2.45 bits per heavy atom. The monoisotopic (exact) mass is 335 g/mol. The molecule has 2 rings (SSSR count). The molecule has 0 saturated carbocycles. The summed E-state index contributed by atoms with van der Waals surface area (Å²) in [6.07, 6.45) is 0. The SMILES string of the molecule is CCNC(c1ccc(C)c(C)c1)c1ccc(Br)cc1F. The van der Waals surface area contributed by atoms with Gasteiger partial charge in [0, 0.05) is 10.0 Å². The van der Waals surface area contributed by atoms with Gasteiger partial charge in [-0.2, -0.15) is 0 Å². The fourth-order valence-corrected chi connectivity index (χ4v) is 2.62. The molecule has 0 heterocycles. The zero-order valence-corrected chi connectivity index (χ0v) is 13.6. The third-order valence-corrected chi connectivity index (χ3v) is 4.04. The molecule has 0 spiro atoms. The Morgan fingerprint density at radius 1 is 1.10 bits per heavy atom. The highest BCUT2D eigenvalue weighted by molar-refractivity contribution is 9.10. The summed E-state index contributed by atoms with van der Waals surface area (Å²) < 4.78 is 15.0. The van der Waals surface area contributed by atoms with Gasteiger partial charge in [0.1, 0.15) is 5.82 Å². The third-order valence-electron chi connectivity index (χ3n) is 3.55. The quantitative estimate of drug-likeness (QED) is 0.837.